The van der Waals surface area contributed by atoms with E-state index in [0.717, 1.165) is 58.1 Å². The number of aliphatic imine (C=N–C) groups is 1. The normalized spacial score (nSPS) is 20.5. The lowest BCUT2D eigenvalue weighted by molar-refractivity contribution is -0.140. The lowest BCUT2D eigenvalue weighted by Crippen LogP contribution is -2.57. The standard InChI is InChI=1S/C17H31N5O3/c1-14(16(24)21-8-4-5-9-21)20-10-12-22(13-11-20)17(18-2)19-7-6-15(23)25-3/h14H,4-13H2,1-3H3,(H,18,19). The average Bonchev–Trinajstić information content (AvgIpc) is 3.18. The van der Waals surface area contributed by atoms with E-state index < -0.39 is 0 Å². The van der Waals surface area contributed by atoms with E-state index >= 15 is 0 Å². The maximum atomic E-state index is 12.5. The number of rotatable bonds is 5. The van der Waals surface area contributed by atoms with Gasteiger partial charge in [0.15, 0.2) is 5.96 Å². The summed E-state index contributed by atoms with van der Waals surface area (Å²) < 4.78 is 4.64. The minimum atomic E-state index is -0.234. The van der Waals surface area contributed by atoms with E-state index in [1.54, 1.807) is 7.05 Å². The Morgan fingerprint density at radius 2 is 1.72 bits per heavy atom. The summed E-state index contributed by atoms with van der Waals surface area (Å²) >= 11 is 0. The van der Waals surface area contributed by atoms with Crippen molar-refractivity contribution in [1.29, 1.82) is 0 Å². The summed E-state index contributed by atoms with van der Waals surface area (Å²) in [6.07, 6.45) is 2.57. The van der Waals surface area contributed by atoms with E-state index in [4.69, 9.17) is 0 Å². The number of esters is 1. The molecule has 1 amide bonds. The minimum absolute atomic E-state index is 0.0606. The molecule has 2 aliphatic heterocycles. The highest BCUT2D eigenvalue weighted by Crippen LogP contribution is 2.14. The lowest BCUT2D eigenvalue weighted by Gasteiger charge is -2.39. The first-order chi connectivity index (χ1) is 12.1. The second-order valence-electron chi connectivity index (χ2n) is 6.53. The van der Waals surface area contributed by atoms with Gasteiger partial charge in [-0.15, -0.1) is 0 Å². The summed E-state index contributed by atoms with van der Waals surface area (Å²) in [7, 11) is 3.13. The van der Waals surface area contributed by atoms with Gasteiger partial charge in [-0.1, -0.05) is 0 Å². The number of guanidine groups is 1. The molecule has 8 nitrogen and oxygen atoms in total. The summed E-state index contributed by atoms with van der Waals surface area (Å²) in [5.41, 5.74) is 0. The summed E-state index contributed by atoms with van der Waals surface area (Å²) in [4.78, 5) is 34.4. The highest BCUT2D eigenvalue weighted by molar-refractivity contribution is 5.82. The van der Waals surface area contributed by atoms with Crippen molar-refractivity contribution < 1.29 is 14.3 Å². The molecule has 0 aromatic carbocycles. The average molecular weight is 353 g/mol. The van der Waals surface area contributed by atoms with Crippen LogP contribution in [0.1, 0.15) is 26.2 Å². The van der Waals surface area contributed by atoms with E-state index in [2.05, 4.69) is 24.8 Å². The smallest absolute Gasteiger partial charge is 0.307 e. The van der Waals surface area contributed by atoms with Gasteiger partial charge in [-0.3, -0.25) is 19.5 Å². The SMILES string of the molecule is CN=C(NCCC(=O)OC)N1CCN(C(C)C(=O)N2CCCC2)CC1. The van der Waals surface area contributed by atoms with Crippen molar-refractivity contribution in [2.45, 2.75) is 32.2 Å². The third-order valence-corrected chi connectivity index (χ3v) is 4.99. The van der Waals surface area contributed by atoms with Crippen LogP contribution in [0.3, 0.4) is 0 Å². The molecule has 0 bridgehead atoms. The van der Waals surface area contributed by atoms with Crippen LogP contribution in [0, 0.1) is 0 Å². The molecule has 8 heteroatoms. The molecule has 1 N–H and O–H groups in total. The van der Waals surface area contributed by atoms with E-state index in [9.17, 15) is 9.59 Å². The molecule has 2 heterocycles. The fourth-order valence-corrected chi connectivity index (χ4v) is 3.39. The van der Waals surface area contributed by atoms with Crippen molar-refractivity contribution in [2.75, 3.05) is 60.0 Å². The predicted octanol–water partition coefficient (Wildman–Crippen LogP) is -0.247. The molecule has 142 valence electrons. The third kappa shape index (κ3) is 5.32. The van der Waals surface area contributed by atoms with Crippen molar-refractivity contribution in [1.82, 2.24) is 20.0 Å². The summed E-state index contributed by atoms with van der Waals surface area (Å²) in [5.74, 6) is 0.815. The van der Waals surface area contributed by atoms with Crippen LogP contribution in [-0.4, -0.2) is 98.5 Å². The number of methoxy groups -OCH3 is 1. The second kappa shape index (κ2) is 9.60. The predicted molar refractivity (Wildman–Crippen MR) is 96.4 cm³/mol. The fourth-order valence-electron chi connectivity index (χ4n) is 3.39. The van der Waals surface area contributed by atoms with Crippen molar-refractivity contribution in [3.63, 3.8) is 0 Å². The van der Waals surface area contributed by atoms with Crippen molar-refractivity contribution >= 4 is 17.8 Å². The van der Waals surface area contributed by atoms with Crippen LogP contribution in [0.2, 0.25) is 0 Å². The Morgan fingerprint density at radius 1 is 1.08 bits per heavy atom. The molecule has 0 spiro atoms. The molecule has 2 aliphatic rings. The van der Waals surface area contributed by atoms with Gasteiger partial charge in [0, 0.05) is 52.9 Å². The lowest BCUT2D eigenvalue weighted by atomic mass is 10.2. The summed E-state index contributed by atoms with van der Waals surface area (Å²) in [6.45, 7) is 7.62. The van der Waals surface area contributed by atoms with Gasteiger partial charge in [0.2, 0.25) is 5.91 Å². The zero-order valence-corrected chi connectivity index (χ0v) is 15.7. The van der Waals surface area contributed by atoms with Crippen molar-refractivity contribution in [2.24, 2.45) is 4.99 Å². The molecule has 1 atom stereocenters. The van der Waals surface area contributed by atoms with Crippen LogP contribution in [-0.2, 0) is 14.3 Å². The Kier molecular flexibility index (Phi) is 7.49. The topological polar surface area (TPSA) is 77.5 Å². The Hall–Kier alpha value is -1.83. The van der Waals surface area contributed by atoms with Crippen LogP contribution < -0.4 is 5.32 Å². The third-order valence-electron chi connectivity index (χ3n) is 4.99. The van der Waals surface area contributed by atoms with E-state index in [1.807, 2.05) is 11.8 Å². The van der Waals surface area contributed by atoms with Gasteiger partial charge in [-0.25, -0.2) is 0 Å². The van der Waals surface area contributed by atoms with Gasteiger partial charge in [-0.05, 0) is 19.8 Å². The number of carbonyl (C=O) groups excluding carboxylic acids is 2. The molecule has 0 aromatic rings. The quantitative estimate of drug-likeness (QED) is 0.417. The first-order valence-electron chi connectivity index (χ1n) is 9.12. The molecule has 2 saturated heterocycles. The number of ether oxygens (including phenoxy) is 1. The maximum Gasteiger partial charge on any atom is 0.307 e. The number of hydrogen-bond acceptors (Lipinski definition) is 5. The molecule has 0 saturated carbocycles. The van der Waals surface area contributed by atoms with E-state index in [0.29, 0.717) is 13.0 Å². The van der Waals surface area contributed by atoms with Crippen LogP contribution in [0.25, 0.3) is 0 Å². The second-order valence-corrected chi connectivity index (χ2v) is 6.53. The molecule has 0 aromatic heterocycles. The van der Waals surface area contributed by atoms with Crippen LogP contribution in [0.15, 0.2) is 4.99 Å². The molecule has 0 radical (unpaired) electrons. The number of carbonyl (C=O) groups is 2. The molecular weight excluding hydrogens is 322 g/mol. The number of nitrogens with one attached hydrogen (secondary N) is 1. The van der Waals surface area contributed by atoms with Gasteiger partial charge in [0.25, 0.3) is 0 Å². The zero-order chi connectivity index (χ0) is 18.2. The van der Waals surface area contributed by atoms with Crippen molar-refractivity contribution in [3.05, 3.63) is 0 Å². The zero-order valence-electron chi connectivity index (χ0n) is 15.7. The van der Waals surface area contributed by atoms with Gasteiger partial charge < -0.3 is 19.9 Å². The Bertz CT molecular complexity index is 483. The summed E-state index contributed by atoms with van der Waals surface area (Å²) in [6, 6.07) is -0.0606. The Balaban J connectivity index is 1.77. The summed E-state index contributed by atoms with van der Waals surface area (Å²) in [5, 5.41) is 3.20. The highest BCUT2D eigenvalue weighted by atomic mass is 16.5. The number of nitrogens with zero attached hydrogens (tertiary/aromatic N) is 4. The first kappa shape index (κ1) is 19.5. The van der Waals surface area contributed by atoms with Gasteiger partial charge in [0.05, 0.1) is 19.6 Å². The van der Waals surface area contributed by atoms with Crippen LogP contribution in [0.5, 0.6) is 0 Å². The molecule has 2 rings (SSSR count). The van der Waals surface area contributed by atoms with Gasteiger partial charge in [-0.2, -0.15) is 0 Å². The monoisotopic (exact) mass is 353 g/mol. The number of hydrogen-bond donors (Lipinski definition) is 1. The fraction of sp³-hybridized carbons (Fsp3) is 0.824. The highest BCUT2D eigenvalue weighted by Gasteiger charge is 2.30. The first-order valence-corrected chi connectivity index (χ1v) is 9.12. The molecule has 0 aliphatic carbocycles. The van der Waals surface area contributed by atoms with Gasteiger partial charge >= 0.3 is 5.97 Å². The Morgan fingerprint density at radius 3 is 2.28 bits per heavy atom. The molecule has 1 unspecified atom stereocenters. The van der Waals surface area contributed by atoms with E-state index in [1.165, 1.54) is 7.11 Å². The van der Waals surface area contributed by atoms with Crippen LogP contribution in [0.4, 0.5) is 0 Å². The van der Waals surface area contributed by atoms with Crippen LogP contribution >= 0.6 is 0 Å². The molecular formula is C17H31N5O3. The molecule has 25 heavy (non-hydrogen) atoms. The largest absolute Gasteiger partial charge is 0.469 e. The maximum absolute atomic E-state index is 12.5. The number of piperazine rings is 1. The number of amides is 1. The van der Waals surface area contributed by atoms with Gasteiger partial charge in [0.1, 0.15) is 0 Å². The van der Waals surface area contributed by atoms with Crippen molar-refractivity contribution in [3.8, 4) is 0 Å². The van der Waals surface area contributed by atoms with E-state index in [-0.39, 0.29) is 17.9 Å². The Labute approximate surface area is 150 Å². The minimum Gasteiger partial charge on any atom is -0.469 e. The number of likely N-dealkylation sites (tertiary alicyclic amines) is 1. The molecule has 2 fully saturated rings.